The maximum atomic E-state index is 13.6. The van der Waals surface area contributed by atoms with Crippen molar-refractivity contribution in [3.05, 3.63) is 77.1 Å². The van der Waals surface area contributed by atoms with Gasteiger partial charge in [-0.25, -0.2) is 4.90 Å². The third-order valence-electron chi connectivity index (χ3n) is 4.98. The number of hydrogen-bond donors (Lipinski definition) is 0. The Labute approximate surface area is 189 Å². The smallest absolute Gasteiger partial charge is 0.272 e. The molecule has 4 rings (SSSR count). The minimum atomic E-state index is -0.436. The van der Waals surface area contributed by atoms with E-state index in [2.05, 4.69) is 0 Å². The van der Waals surface area contributed by atoms with Crippen molar-refractivity contribution in [3.8, 4) is 17.2 Å². The fraction of sp³-hybridized carbons (Fsp3) is 0.167. The Bertz CT molecular complexity index is 1180. The number of imide groups is 1. The number of benzene rings is 2. The van der Waals surface area contributed by atoms with E-state index < -0.39 is 11.8 Å². The second kappa shape index (κ2) is 9.23. The summed E-state index contributed by atoms with van der Waals surface area (Å²) in [5, 5.41) is 0. The second-order valence-electron chi connectivity index (χ2n) is 6.76. The van der Waals surface area contributed by atoms with Crippen LogP contribution >= 0.6 is 11.8 Å². The number of carbonyl (C=O) groups is 2. The number of furan rings is 1. The molecule has 2 amide bonds. The van der Waals surface area contributed by atoms with Crippen molar-refractivity contribution in [1.29, 1.82) is 0 Å². The zero-order valence-electron chi connectivity index (χ0n) is 17.8. The lowest BCUT2D eigenvalue weighted by atomic mass is 10.0. The number of carbonyl (C=O) groups excluding carboxylic acids is 2. The third-order valence-corrected chi connectivity index (χ3v) is 6.08. The van der Waals surface area contributed by atoms with Gasteiger partial charge in [0, 0.05) is 11.6 Å². The average molecular weight is 452 g/mol. The van der Waals surface area contributed by atoms with Crippen LogP contribution < -0.4 is 19.1 Å². The van der Waals surface area contributed by atoms with Gasteiger partial charge in [0.2, 0.25) is 0 Å². The molecular weight excluding hydrogens is 430 g/mol. The van der Waals surface area contributed by atoms with E-state index in [0.29, 0.717) is 50.5 Å². The SMILES string of the molecule is COc1ccc(N2C(=O)C(SCc3ccco3)=C(c3ccccc3OC)C2=O)cc1OC. The molecule has 1 aliphatic rings. The highest BCUT2D eigenvalue weighted by atomic mass is 32.2. The van der Waals surface area contributed by atoms with Gasteiger partial charge in [-0.15, -0.1) is 11.8 Å². The summed E-state index contributed by atoms with van der Waals surface area (Å²) in [6, 6.07) is 15.7. The van der Waals surface area contributed by atoms with Crippen LogP contribution in [0.3, 0.4) is 0 Å². The van der Waals surface area contributed by atoms with Crippen LogP contribution in [0.15, 0.2) is 70.2 Å². The maximum Gasteiger partial charge on any atom is 0.272 e. The summed E-state index contributed by atoms with van der Waals surface area (Å²) in [6.07, 6.45) is 1.57. The summed E-state index contributed by atoms with van der Waals surface area (Å²) in [5.74, 6) is 1.68. The molecule has 3 aromatic rings. The molecule has 0 unspecified atom stereocenters. The highest BCUT2D eigenvalue weighted by molar-refractivity contribution is 8.03. The van der Waals surface area contributed by atoms with Gasteiger partial charge in [0.05, 0.1) is 49.5 Å². The normalized spacial score (nSPS) is 13.7. The molecule has 8 heteroatoms. The Balaban J connectivity index is 1.79. The van der Waals surface area contributed by atoms with Gasteiger partial charge in [-0.3, -0.25) is 9.59 Å². The van der Waals surface area contributed by atoms with Crippen molar-refractivity contribution in [1.82, 2.24) is 0 Å². The van der Waals surface area contributed by atoms with Crippen molar-refractivity contribution in [2.24, 2.45) is 0 Å². The molecule has 2 aromatic carbocycles. The fourth-order valence-corrected chi connectivity index (χ4v) is 4.48. The van der Waals surface area contributed by atoms with Crippen molar-refractivity contribution >= 4 is 34.8 Å². The van der Waals surface area contributed by atoms with Crippen molar-refractivity contribution in [2.45, 2.75) is 5.75 Å². The van der Waals surface area contributed by atoms with E-state index in [9.17, 15) is 9.59 Å². The minimum absolute atomic E-state index is 0.291. The predicted molar refractivity (Wildman–Crippen MR) is 122 cm³/mol. The molecule has 7 nitrogen and oxygen atoms in total. The van der Waals surface area contributed by atoms with Gasteiger partial charge >= 0.3 is 0 Å². The number of hydrogen-bond acceptors (Lipinski definition) is 7. The van der Waals surface area contributed by atoms with E-state index in [1.54, 1.807) is 48.7 Å². The van der Waals surface area contributed by atoms with E-state index in [4.69, 9.17) is 18.6 Å². The topological polar surface area (TPSA) is 78.2 Å². The van der Waals surface area contributed by atoms with Crippen molar-refractivity contribution in [2.75, 3.05) is 26.2 Å². The standard InChI is InChI=1S/C24H21NO6S/c1-28-18-9-5-4-8-17(18)21-22(32-14-16-7-6-12-31-16)24(27)25(23(21)26)15-10-11-19(29-2)20(13-15)30-3/h4-13H,14H2,1-3H3. The second-order valence-corrected chi connectivity index (χ2v) is 7.74. The molecule has 2 heterocycles. The number of thioether (sulfide) groups is 1. The van der Waals surface area contributed by atoms with Crippen LogP contribution in [0.1, 0.15) is 11.3 Å². The first kappa shape index (κ1) is 21.6. The molecule has 0 radical (unpaired) electrons. The monoisotopic (exact) mass is 451 g/mol. The van der Waals surface area contributed by atoms with Crippen LogP contribution in [0, 0.1) is 0 Å². The zero-order chi connectivity index (χ0) is 22.7. The molecule has 0 atom stereocenters. The Morgan fingerprint density at radius 2 is 1.59 bits per heavy atom. The van der Waals surface area contributed by atoms with Gasteiger partial charge in [-0.2, -0.15) is 0 Å². The number of rotatable bonds is 8. The molecule has 0 saturated carbocycles. The van der Waals surface area contributed by atoms with Crippen LogP contribution in [0.5, 0.6) is 17.2 Å². The lowest BCUT2D eigenvalue weighted by molar-refractivity contribution is -0.119. The van der Waals surface area contributed by atoms with Crippen molar-refractivity contribution < 1.29 is 28.2 Å². The minimum Gasteiger partial charge on any atom is -0.496 e. The maximum absolute atomic E-state index is 13.6. The Morgan fingerprint density at radius 3 is 2.28 bits per heavy atom. The van der Waals surface area contributed by atoms with E-state index in [-0.39, 0.29) is 0 Å². The number of para-hydroxylation sites is 1. The average Bonchev–Trinajstić information content (AvgIpc) is 3.43. The molecule has 0 fully saturated rings. The number of methoxy groups -OCH3 is 3. The molecular formula is C24H21NO6S. The zero-order valence-corrected chi connectivity index (χ0v) is 18.6. The molecule has 0 saturated heterocycles. The number of amides is 2. The Kier molecular flexibility index (Phi) is 6.23. The molecule has 0 spiro atoms. The van der Waals surface area contributed by atoms with Crippen molar-refractivity contribution in [3.63, 3.8) is 0 Å². The summed E-state index contributed by atoms with van der Waals surface area (Å²) in [5.41, 5.74) is 1.23. The molecule has 0 bridgehead atoms. The summed E-state index contributed by atoms with van der Waals surface area (Å²) in [7, 11) is 4.55. The van der Waals surface area contributed by atoms with Gasteiger partial charge in [0.25, 0.3) is 11.8 Å². The first-order valence-corrected chi connectivity index (χ1v) is 10.7. The van der Waals surface area contributed by atoms with Crippen LogP contribution in [-0.2, 0) is 15.3 Å². The molecule has 164 valence electrons. The number of anilines is 1. The molecule has 32 heavy (non-hydrogen) atoms. The highest BCUT2D eigenvalue weighted by Crippen LogP contribution is 2.43. The van der Waals surface area contributed by atoms with Gasteiger partial charge in [-0.1, -0.05) is 18.2 Å². The summed E-state index contributed by atoms with van der Waals surface area (Å²) in [4.78, 5) is 28.6. The van der Waals surface area contributed by atoms with Gasteiger partial charge in [0.1, 0.15) is 11.5 Å². The molecule has 0 N–H and O–H groups in total. The molecule has 1 aliphatic heterocycles. The van der Waals surface area contributed by atoms with Crippen LogP contribution in [0.4, 0.5) is 5.69 Å². The summed E-state index contributed by atoms with van der Waals surface area (Å²) < 4.78 is 21.5. The van der Waals surface area contributed by atoms with Gasteiger partial charge in [0.15, 0.2) is 11.5 Å². The predicted octanol–water partition coefficient (Wildman–Crippen LogP) is 4.52. The highest BCUT2D eigenvalue weighted by Gasteiger charge is 2.41. The van der Waals surface area contributed by atoms with Gasteiger partial charge in [-0.05, 0) is 30.3 Å². The largest absolute Gasteiger partial charge is 0.496 e. The number of ether oxygens (including phenoxy) is 3. The van der Waals surface area contributed by atoms with Crippen LogP contribution in [-0.4, -0.2) is 33.1 Å². The van der Waals surface area contributed by atoms with E-state index in [0.717, 1.165) is 4.90 Å². The Hall–Kier alpha value is -3.65. The van der Waals surface area contributed by atoms with Gasteiger partial charge < -0.3 is 18.6 Å². The van der Waals surface area contributed by atoms with Crippen LogP contribution in [0.2, 0.25) is 0 Å². The lowest BCUT2D eigenvalue weighted by Crippen LogP contribution is -2.31. The summed E-state index contributed by atoms with van der Waals surface area (Å²) in [6.45, 7) is 0. The Morgan fingerprint density at radius 1 is 0.844 bits per heavy atom. The number of nitrogens with zero attached hydrogens (tertiary/aromatic N) is 1. The quantitative estimate of drug-likeness (QED) is 0.466. The molecule has 1 aromatic heterocycles. The van der Waals surface area contributed by atoms with E-state index in [1.807, 2.05) is 12.1 Å². The van der Waals surface area contributed by atoms with Crippen LogP contribution in [0.25, 0.3) is 5.57 Å². The first-order chi connectivity index (χ1) is 15.6. The van der Waals surface area contributed by atoms with E-state index in [1.165, 1.54) is 33.1 Å². The summed E-state index contributed by atoms with van der Waals surface area (Å²) >= 11 is 1.25. The molecule has 0 aliphatic carbocycles. The van der Waals surface area contributed by atoms with E-state index >= 15 is 0 Å². The first-order valence-electron chi connectivity index (χ1n) is 9.72. The fourth-order valence-electron chi connectivity index (χ4n) is 3.47. The third kappa shape index (κ3) is 3.85. The lowest BCUT2D eigenvalue weighted by Gasteiger charge is -2.17.